The highest BCUT2D eigenvalue weighted by atomic mass is 16.5. The highest BCUT2D eigenvalue weighted by Gasteiger charge is 2.33. The van der Waals surface area contributed by atoms with Gasteiger partial charge in [-0.05, 0) is 31.6 Å². The number of methoxy groups -OCH3 is 1. The maximum atomic E-state index is 9.44. The van der Waals surface area contributed by atoms with E-state index in [1.807, 2.05) is 6.92 Å². The van der Waals surface area contributed by atoms with Crippen molar-refractivity contribution in [2.75, 3.05) is 7.11 Å². The van der Waals surface area contributed by atoms with Gasteiger partial charge >= 0.3 is 0 Å². The molecule has 0 aliphatic heterocycles. The van der Waals surface area contributed by atoms with Crippen LogP contribution in [0.2, 0.25) is 0 Å². The number of rotatable bonds is 3. The van der Waals surface area contributed by atoms with Gasteiger partial charge in [-0.15, -0.1) is 0 Å². The zero-order valence-electron chi connectivity index (χ0n) is 8.29. The van der Waals surface area contributed by atoms with Crippen LogP contribution in [0.3, 0.4) is 0 Å². The molecule has 1 aliphatic rings. The quantitative estimate of drug-likeness (QED) is 0.703. The highest BCUT2D eigenvalue weighted by Crippen LogP contribution is 2.34. The Hall–Kier alpha value is -0.0800. The summed E-state index contributed by atoms with van der Waals surface area (Å²) in [4.78, 5) is 0. The van der Waals surface area contributed by atoms with Crippen LogP contribution in [0.15, 0.2) is 0 Å². The van der Waals surface area contributed by atoms with Gasteiger partial charge in [0.2, 0.25) is 0 Å². The first kappa shape index (κ1) is 10.0. The minimum atomic E-state index is -0.203. The van der Waals surface area contributed by atoms with Crippen molar-refractivity contribution in [2.45, 2.75) is 45.3 Å². The fourth-order valence-electron chi connectivity index (χ4n) is 2.21. The van der Waals surface area contributed by atoms with Crippen LogP contribution >= 0.6 is 0 Å². The summed E-state index contributed by atoms with van der Waals surface area (Å²) in [6.45, 7) is 3.99. The van der Waals surface area contributed by atoms with Crippen molar-refractivity contribution in [2.24, 2.45) is 11.8 Å². The van der Waals surface area contributed by atoms with Crippen LogP contribution in [0.4, 0.5) is 0 Å². The molecule has 2 heteroatoms. The Morgan fingerprint density at radius 3 is 2.50 bits per heavy atom. The van der Waals surface area contributed by atoms with Gasteiger partial charge < -0.3 is 9.84 Å². The number of aliphatic hydroxyl groups excluding tert-OH is 1. The Labute approximate surface area is 74.9 Å². The molecule has 1 rings (SSSR count). The van der Waals surface area contributed by atoms with Gasteiger partial charge in [0.1, 0.15) is 0 Å². The molecule has 0 radical (unpaired) electrons. The third-order valence-corrected chi connectivity index (χ3v) is 3.24. The van der Waals surface area contributed by atoms with Gasteiger partial charge in [0.05, 0.1) is 12.2 Å². The van der Waals surface area contributed by atoms with Crippen molar-refractivity contribution in [3.8, 4) is 0 Å². The lowest BCUT2D eigenvalue weighted by atomic mass is 9.87. The molecule has 0 aromatic carbocycles. The molecular formula is C10H20O2. The van der Waals surface area contributed by atoms with Crippen molar-refractivity contribution in [3.63, 3.8) is 0 Å². The fraction of sp³-hybridized carbons (Fsp3) is 1.00. The minimum absolute atomic E-state index is 0.203. The lowest BCUT2D eigenvalue weighted by Crippen LogP contribution is -2.29. The molecule has 0 amide bonds. The molecule has 1 fully saturated rings. The van der Waals surface area contributed by atoms with E-state index in [4.69, 9.17) is 4.74 Å². The van der Waals surface area contributed by atoms with Crippen LogP contribution < -0.4 is 0 Å². The summed E-state index contributed by atoms with van der Waals surface area (Å²) < 4.78 is 5.38. The van der Waals surface area contributed by atoms with E-state index in [2.05, 4.69) is 6.92 Å². The summed E-state index contributed by atoms with van der Waals surface area (Å²) >= 11 is 0. The molecule has 0 heterocycles. The standard InChI is InChI=1S/C10H20O2/c1-7(8(2)11)9-5-4-6-10(9)12-3/h7-11H,4-6H2,1-3H3. The molecule has 4 atom stereocenters. The summed E-state index contributed by atoms with van der Waals surface area (Å²) in [7, 11) is 1.78. The lowest BCUT2D eigenvalue weighted by Gasteiger charge is -2.26. The predicted octanol–water partition coefficient (Wildman–Crippen LogP) is 1.82. The molecule has 0 aromatic heterocycles. The summed E-state index contributed by atoms with van der Waals surface area (Å²) in [5.74, 6) is 0.937. The first-order chi connectivity index (χ1) is 5.66. The molecular weight excluding hydrogens is 152 g/mol. The van der Waals surface area contributed by atoms with Crippen LogP contribution in [-0.2, 0) is 4.74 Å². The Bertz CT molecular complexity index is 134. The van der Waals surface area contributed by atoms with Crippen molar-refractivity contribution >= 4 is 0 Å². The molecule has 12 heavy (non-hydrogen) atoms. The summed E-state index contributed by atoms with van der Waals surface area (Å²) in [5, 5.41) is 9.44. The predicted molar refractivity (Wildman–Crippen MR) is 49.0 cm³/mol. The number of aliphatic hydroxyl groups is 1. The van der Waals surface area contributed by atoms with Crippen LogP contribution in [0.1, 0.15) is 33.1 Å². The Morgan fingerprint density at radius 1 is 1.33 bits per heavy atom. The summed E-state index contributed by atoms with van der Waals surface area (Å²) in [5.41, 5.74) is 0. The van der Waals surface area contributed by atoms with E-state index >= 15 is 0 Å². The Morgan fingerprint density at radius 2 is 2.00 bits per heavy atom. The topological polar surface area (TPSA) is 29.5 Å². The molecule has 1 N–H and O–H groups in total. The van der Waals surface area contributed by atoms with Crippen LogP contribution in [0, 0.1) is 11.8 Å². The van der Waals surface area contributed by atoms with E-state index in [9.17, 15) is 5.11 Å². The molecule has 72 valence electrons. The average molecular weight is 172 g/mol. The van der Waals surface area contributed by atoms with Crippen molar-refractivity contribution in [1.29, 1.82) is 0 Å². The zero-order chi connectivity index (χ0) is 9.14. The molecule has 1 saturated carbocycles. The van der Waals surface area contributed by atoms with Gasteiger partial charge in [-0.2, -0.15) is 0 Å². The second-order valence-corrected chi connectivity index (χ2v) is 3.97. The first-order valence-corrected chi connectivity index (χ1v) is 4.87. The smallest absolute Gasteiger partial charge is 0.0603 e. The average Bonchev–Trinajstić information content (AvgIpc) is 2.49. The summed E-state index contributed by atoms with van der Waals surface area (Å²) in [6, 6.07) is 0. The fourth-order valence-corrected chi connectivity index (χ4v) is 2.21. The monoisotopic (exact) mass is 172 g/mol. The van der Waals surface area contributed by atoms with E-state index < -0.39 is 0 Å². The van der Waals surface area contributed by atoms with Gasteiger partial charge in [-0.25, -0.2) is 0 Å². The number of hydrogen-bond acceptors (Lipinski definition) is 2. The SMILES string of the molecule is COC1CCCC1C(C)C(C)O. The van der Waals surface area contributed by atoms with Crippen LogP contribution in [-0.4, -0.2) is 24.4 Å². The van der Waals surface area contributed by atoms with Gasteiger partial charge in [-0.3, -0.25) is 0 Å². The van der Waals surface area contributed by atoms with E-state index in [0.29, 0.717) is 17.9 Å². The molecule has 4 unspecified atom stereocenters. The lowest BCUT2D eigenvalue weighted by molar-refractivity contribution is 0.0133. The first-order valence-electron chi connectivity index (χ1n) is 4.87. The second-order valence-electron chi connectivity index (χ2n) is 3.97. The molecule has 0 spiro atoms. The van der Waals surface area contributed by atoms with E-state index in [1.54, 1.807) is 7.11 Å². The molecule has 0 saturated heterocycles. The van der Waals surface area contributed by atoms with Gasteiger partial charge in [0.25, 0.3) is 0 Å². The van der Waals surface area contributed by atoms with Crippen molar-refractivity contribution in [1.82, 2.24) is 0 Å². The number of ether oxygens (including phenoxy) is 1. The maximum absolute atomic E-state index is 9.44. The maximum Gasteiger partial charge on any atom is 0.0603 e. The highest BCUT2D eigenvalue weighted by molar-refractivity contribution is 4.83. The van der Waals surface area contributed by atoms with Crippen molar-refractivity contribution < 1.29 is 9.84 Å². The van der Waals surface area contributed by atoms with E-state index in [-0.39, 0.29) is 6.10 Å². The second kappa shape index (κ2) is 4.24. The van der Waals surface area contributed by atoms with Gasteiger partial charge in [0.15, 0.2) is 0 Å². The summed E-state index contributed by atoms with van der Waals surface area (Å²) in [6.07, 6.45) is 3.81. The Kier molecular flexibility index (Phi) is 3.53. The third kappa shape index (κ3) is 1.99. The molecule has 2 nitrogen and oxygen atoms in total. The van der Waals surface area contributed by atoms with E-state index in [0.717, 1.165) is 6.42 Å². The Balaban J connectivity index is 2.49. The number of hydrogen-bond donors (Lipinski definition) is 1. The van der Waals surface area contributed by atoms with Gasteiger partial charge in [0, 0.05) is 7.11 Å². The van der Waals surface area contributed by atoms with Crippen molar-refractivity contribution in [3.05, 3.63) is 0 Å². The normalized spacial score (nSPS) is 35.0. The van der Waals surface area contributed by atoms with E-state index in [1.165, 1.54) is 12.8 Å². The minimum Gasteiger partial charge on any atom is -0.393 e. The molecule has 1 aliphatic carbocycles. The molecule has 0 bridgehead atoms. The zero-order valence-corrected chi connectivity index (χ0v) is 8.29. The van der Waals surface area contributed by atoms with Gasteiger partial charge in [-0.1, -0.05) is 13.3 Å². The third-order valence-electron chi connectivity index (χ3n) is 3.24. The largest absolute Gasteiger partial charge is 0.393 e. The van der Waals surface area contributed by atoms with Crippen LogP contribution in [0.5, 0.6) is 0 Å². The van der Waals surface area contributed by atoms with Crippen LogP contribution in [0.25, 0.3) is 0 Å². The molecule has 0 aromatic rings.